The van der Waals surface area contributed by atoms with Gasteiger partial charge in [-0.25, -0.2) is 0 Å². The van der Waals surface area contributed by atoms with E-state index in [-0.39, 0.29) is 12.3 Å². The van der Waals surface area contributed by atoms with Gasteiger partial charge in [-0.05, 0) is 61.4 Å². The lowest BCUT2D eigenvalue weighted by molar-refractivity contribution is -0.137. The number of nitrogens with zero attached hydrogens (tertiary/aromatic N) is 3. The molecular weight excluding hydrogens is 356 g/mol. The molecule has 148 valence electrons. The monoisotopic (exact) mass is 382 g/mol. The Morgan fingerprint density at radius 2 is 1.46 bits per heavy atom. The van der Waals surface area contributed by atoms with E-state index in [0.717, 1.165) is 24.2 Å². The van der Waals surface area contributed by atoms with Crippen molar-refractivity contribution in [2.45, 2.75) is 25.7 Å². The lowest BCUT2D eigenvalue weighted by Crippen LogP contribution is -2.24. The van der Waals surface area contributed by atoms with Gasteiger partial charge < -0.3 is 15.3 Å². The summed E-state index contributed by atoms with van der Waals surface area (Å²) in [6.07, 6.45) is 2.34. The van der Waals surface area contributed by atoms with Crippen molar-refractivity contribution < 1.29 is 14.7 Å². The van der Waals surface area contributed by atoms with Crippen LogP contribution in [0.3, 0.4) is 0 Å². The van der Waals surface area contributed by atoms with Gasteiger partial charge in [0, 0.05) is 38.3 Å². The Morgan fingerprint density at radius 1 is 0.893 bits per heavy atom. The van der Waals surface area contributed by atoms with E-state index in [1.165, 1.54) is 0 Å². The number of anilines is 1. The van der Waals surface area contributed by atoms with Gasteiger partial charge in [0.05, 0.1) is 11.4 Å². The molecular formula is C21H26N4O3. The number of amides is 1. The highest BCUT2D eigenvalue weighted by molar-refractivity contribution is 5.94. The molecule has 0 spiro atoms. The van der Waals surface area contributed by atoms with Gasteiger partial charge in [-0.15, -0.1) is 0 Å². The number of hydrogen-bond acceptors (Lipinski definition) is 5. The van der Waals surface area contributed by atoms with Gasteiger partial charge in [0.1, 0.15) is 0 Å². The summed E-state index contributed by atoms with van der Waals surface area (Å²) in [5.41, 5.74) is 3.08. The maximum Gasteiger partial charge on any atom is 0.303 e. The Bertz CT molecular complexity index is 799. The van der Waals surface area contributed by atoms with E-state index in [1.54, 1.807) is 24.3 Å². The Morgan fingerprint density at radius 3 is 2.00 bits per heavy atom. The van der Waals surface area contributed by atoms with Crippen LogP contribution in [-0.4, -0.2) is 37.6 Å². The normalized spacial score (nSPS) is 10.8. The summed E-state index contributed by atoms with van der Waals surface area (Å²) in [7, 11) is 3.96. The second-order valence-electron chi connectivity index (χ2n) is 6.62. The molecule has 7 nitrogen and oxygen atoms in total. The van der Waals surface area contributed by atoms with Crippen molar-refractivity contribution in [1.29, 1.82) is 0 Å². The number of nitrogens with one attached hydrogen (secondary N) is 1. The number of carboxylic acids is 1. The minimum Gasteiger partial charge on any atom is -0.481 e. The van der Waals surface area contributed by atoms with E-state index in [2.05, 4.69) is 15.5 Å². The quantitative estimate of drug-likeness (QED) is 0.466. The summed E-state index contributed by atoms with van der Waals surface area (Å²) >= 11 is 0. The highest BCUT2D eigenvalue weighted by atomic mass is 16.4. The maximum absolute atomic E-state index is 12.1. The molecule has 2 rings (SSSR count). The van der Waals surface area contributed by atoms with Crippen LogP contribution in [0.1, 0.15) is 36.0 Å². The zero-order chi connectivity index (χ0) is 20.4. The molecule has 0 atom stereocenters. The molecule has 0 aliphatic carbocycles. The molecule has 2 N–H and O–H groups in total. The SMILES string of the molecule is CN(C)c1ccc(N=Nc2ccc(C(=O)NCCCCCC(=O)O)cc2)cc1. The molecule has 0 aromatic heterocycles. The molecule has 2 aromatic rings. The van der Waals surface area contributed by atoms with Crippen molar-refractivity contribution in [2.24, 2.45) is 10.2 Å². The van der Waals surface area contributed by atoms with Crippen LogP contribution >= 0.6 is 0 Å². The first kappa shape index (κ1) is 21.1. The van der Waals surface area contributed by atoms with Crippen LogP contribution in [0.2, 0.25) is 0 Å². The fourth-order valence-electron chi connectivity index (χ4n) is 2.49. The second-order valence-corrected chi connectivity index (χ2v) is 6.62. The fraction of sp³-hybridized carbons (Fsp3) is 0.333. The number of carboxylic acid groups (broad SMARTS) is 1. The number of carbonyl (C=O) groups excluding carboxylic acids is 1. The van der Waals surface area contributed by atoms with Crippen molar-refractivity contribution in [3.05, 3.63) is 54.1 Å². The lowest BCUT2D eigenvalue weighted by Gasteiger charge is -2.11. The highest BCUT2D eigenvalue weighted by Gasteiger charge is 2.05. The Kier molecular flexibility index (Phi) is 8.14. The zero-order valence-electron chi connectivity index (χ0n) is 16.3. The van der Waals surface area contributed by atoms with Crippen LogP contribution in [0.5, 0.6) is 0 Å². The molecule has 0 unspecified atom stereocenters. The molecule has 0 aliphatic heterocycles. The average Bonchev–Trinajstić information content (AvgIpc) is 2.69. The summed E-state index contributed by atoms with van der Waals surface area (Å²) in [5, 5.41) is 19.8. The fourth-order valence-corrected chi connectivity index (χ4v) is 2.49. The van der Waals surface area contributed by atoms with Gasteiger partial charge >= 0.3 is 5.97 Å². The summed E-state index contributed by atoms with van der Waals surface area (Å²) in [4.78, 5) is 24.5. The van der Waals surface area contributed by atoms with E-state index in [9.17, 15) is 9.59 Å². The van der Waals surface area contributed by atoms with E-state index < -0.39 is 5.97 Å². The van der Waals surface area contributed by atoms with Crippen molar-refractivity contribution in [3.63, 3.8) is 0 Å². The molecule has 28 heavy (non-hydrogen) atoms. The van der Waals surface area contributed by atoms with Crippen molar-refractivity contribution in [2.75, 3.05) is 25.5 Å². The largest absolute Gasteiger partial charge is 0.481 e. The van der Waals surface area contributed by atoms with Gasteiger partial charge in [0.15, 0.2) is 0 Å². The highest BCUT2D eigenvalue weighted by Crippen LogP contribution is 2.21. The molecule has 0 fully saturated rings. The van der Waals surface area contributed by atoms with E-state index >= 15 is 0 Å². The molecule has 0 aliphatic rings. The molecule has 0 heterocycles. The molecule has 7 heteroatoms. The Labute approximate surface area is 165 Å². The van der Waals surface area contributed by atoms with Crippen LogP contribution in [0, 0.1) is 0 Å². The first-order valence-electron chi connectivity index (χ1n) is 9.25. The van der Waals surface area contributed by atoms with E-state index in [4.69, 9.17) is 5.11 Å². The number of carbonyl (C=O) groups is 2. The minimum atomic E-state index is -0.785. The minimum absolute atomic E-state index is 0.152. The molecule has 0 saturated heterocycles. The number of hydrogen-bond donors (Lipinski definition) is 2. The first-order chi connectivity index (χ1) is 13.5. The van der Waals surface area contributed by atoms with Crippen LogP contribution in [0.4, 0.5) is 17.1 Å². The summed E-state index contributed by atoms with van der Waals surface area (Å²) in [5.74, 6) is -0.937. The van der Waals surface area contributed by atoms with Gasteiger partial charge in [-0.1, -0.05) is 6.42 Å². The molecule has 1 amide bonds. The first-order valence-corrected chi connectivity index (χ1v) is 9.25. The number of unbranched alkanes of at least 4 members (excludes halogenated alkanes) is 2. The van der Waals surface area contributed by atoms with Crippen LogP contribution in [-0.2, 0) is 4.79 Å². The smallest absolute Gasteiger partial charge is 0.303 e. The predicted molar refractivity (Wildman–Crippen MR) is 110 cm³/mol. The summed E-state index contributed by atoms with van der Waals surface area (Å²) in [6, 6.07) is 14.7. The zero-order valence-corrected chi connectivity index (χ0v) is 16.3. The number of benzene rings is 2. The Balaban J connectivity index is 1.80. The van der Waals surface area contributed by atoms with Gasteiger partial charge in [0.2, 0.25) is 0 Å². The van der Waals surface area contributed by atoms with Crippen LogP contribution in [0.15, 0.2) is 58.8 Å². The molecule has 0 saturated carbocycles. The molecule has 2 aromatic carbocycles. The van der Waals surface area contributed by atoms with Gasteiger partial charge in [0.25, 0.3) is 5.91 Å². The maximum atomic E-state index is 12.1. The van der Waals surface area contributed by atoms with E-state index in [1.807, 2.05) is 43.3 Å². The summed E-state index contributed by atoms with van der Waals surface area (Å²) in [6.45, 7) is 0.531. The third kappa shape index (κ3) is 7.19. The van der Waals surface area contributed by atoms with Crippen molar-refractivity contribution >= 4 is 28.9 Å². The molecule has 0 bridgehead atoms. The predicted octanol–water partition coefficient (Wildman–Crippen LogP) is 4.54. The van der Waals surface area contributed by atoms with Crippen molar-refractivity contribution in [3.8, 4) is 0 Å². The lowest BCUT2D eigenvalue weighted by atomic mass is 10.1. The van der Waals surface area contributed by atoms with Gasteiger partial charge in [-0.2, -0.15) is 10.2 Å². The Hall–Kier alpha value is -3.22. The van der Waals surface area contributed by atoms with Crippen LogP contribution in [0.25, 0.3) is 0 Å². The average molecular weight is 382 g/mol. The number of azo groups is 1. The third-order valence-electron chi connectivity index (χ3n) is 4.13. The van der Waals surface area contributed by atoms with Crippen molar-refractivity contribution in [1.82, 2.24) is 5.32 Å². The van der Waals surface area contributed by atoms with E-state index in [0.29, 0.717) is 24.2 Å². The standard InChI is InChI=1S/C21H26N4O3/c1-25(2)19-13-11-18(12-14-19)24-23-17-9-7-16(8-10-17)21(28)22-15-5-3-4-6-20(26)27/h7-14H,3-6,15H2,1-2H3,(H,22,28)(H,26,27). The van der Waals surface area contributed by atoms with Gasteiger partial charge in [-0.3, -0.25) is 9.59 Å². The number of aliphatic carboxylic acids is 1. The summed E-state index contributed by atoms with van der Waals surface area (Å²) < 4.78 is 0. The molecule has 0 radical (unpaired) electrons. The second kappa shape index (κ2) is 10.8. The third-order valence-corrected chi connectivity index (χ3v) is 4.13. The topological polar surface area (TPSA) is 94.4 Å². The number of rotatable bonds is 10. The van der Waals surface area contributed by atoms with Crippen LogP contribution < -0.4 is 10.2 Å².